The number of carbonyl (C=O) groups is 6. The van der Waals surface area contributed by atoms with E-state index in [2.05, 4.69) is 29.0 Å². The minimum atomic E-state index is -0.865. The van der Waals surface area contributed by atoms with Crippen LogP contribution in [0.3, 0.4) is 0 Å². The molecule has 5 atom stereocenters. The number of carbonyl (C=O) groups excluding carboxylic acids is 6. The van der Waals surface area contributed by atoms with Crippen LogP contribution in [-0.4, -0.2) is 107 Å². The molecule has 95 heavy (non-hydrogen) atoms. The van der Waals surface area contributed by atoms with Gasteiger partial charge in [0.1, 0.15) is 65.1 Å². The Morgan fingerprint density at radius 1 is 0.474 bits per heavy atom. The fourth-order valence-electron chi connectivity index (χ4n) is 10.1. The topological polar surface area (TPSA) is 204 Å². The summed E-state index contributed by atoms with van der Waals surface area (Å²) in [6, 6.07) is 37.5. The Labute approximate surface area is 553 Å². The molecule has 0 saturated carbocycles. The maximum Gasteiger partial charge on any atom is 0.337 e. The lowest BCUT2D eigenvalue weighted by Gasteiger charge is -2.24. The zero-order chi connectivity index (χ0) is 68.5. The van der Waals surface area contributed by atoms with Crippen LogP contribution in [0.25, 0.3) is 6.08 Å². The lowest BCUT2D eigenvalue weighted by atomic mass is 10.0. The van der Waals surface area contributed by atoms with E-state index in [-0.39, 0.29) is 66.3 Å². The molecule has 5 aliphatic rings. The summed E-state index contributed by atoms with van der Waals surface area (Å²) in [5, 5.41) is 0. The van der Waals surface area contributed by atoms with Crippen molar-refractivity contribution in [1.82, 2.24) is 0 Å². The normalized spacial score (nSPS) is 18.8. The summed E-state index contributed by atoms with van der Waals surface area (Å²) in [4.78, 5) is 68.1. The number of cyclic esters (lactones) is 5. The highest BCUT2D eigenvalue weighted by atomic mass is 19.2. The molecular formula is C75H83F3O17. The van der Waals surface area contributed by atoms with Crippen molar-refractivity contribution in [2.45, 2.75) is 141 Å². The monoisotopic (exact) mass is 1310 g/mol. The molecule has 0 saturated heterocycles. The summed E-state index contributed by atoms with van der Waals surface area (Å²) in [6.45, 7) is 6.42. The molecule has 5 aromatic carbocycles. The second-order valence-electron chi connectivity index (χ2n) is 22.5. The van der Waals surface area contributed by atoms with Crippen molar-refractivity contribution < 1.29 is 94.0 Å². The Hall–Kier alpha value is -9.85. The van der Waals surface area contributed by atoms with Gasteiger partial charge in [0.15, 0.2) is 11.6 Å². The van der Waals surface area contributed by atoms with E-state index in [4.69, 9.17) is 47.4 Å². The van der Waals surface area contributed by atoms with E-state index in [1.54, 1.807) is 43.5 Å². The fourth-order valence-corrected chi connectivity index (χ4v) is 10.1. The van der Waals surface area contributed by atoms with Gasteiger partial charge >= 0.3 is 35.8 Å². The summed E-state index contributed by atoms with van der Waals surface area (Å²) < 4.78 is 95.4. The summed E-state index contributed by atoms with van der Waals surface area (Å²) >= 11 is 0. The number of rotatable bonds is 22. The van der Waals surface area contributed by atoms with E-state index in [1.807, 2.05) is 69.3 Å². The van der Waals surface area contributed by atoms with Gasteiger partial charge in [-0.3, -0.25) is 0 Å². The molecule has 0 aromatic heterocycles. The summed E-state index contributed by atoms with van der Waals surface area (Å²) in [5.74, 6) is -0.830. The van der Waals surface area contributed by atoms with Gasteiger partial charge in [0.05, 0.1) is 77.1 Å². The number of ether oxygens (including phenoxy) is 11. The largest absolute Gasteiger partial charge is 0.501 e. The van der Waals surface area contributed by atoms with Gasteiger partial charge in [0, 0.05) is 32.1 Å². The average molecular weight is 1310 g/mol. The van der Waals surface area contributed by atoms with Crippen LogP contribution in [0.2, 0.25) is 0 Å². The zero-order valence-corrected chi connectivity index (χ0v) is 54.6. The molecule has 10 rings (SSSR count). The first-order chi connectivity index (χ1) is 45.8. The number of aryl methyl sites for hydroxylation is 4. The second kappa shape index (κ2) is 39.6. The van der Waals surface area contributed by atoms with Crippen LogP contribution < -0.4 is 0 Å². The van der Waals surface area contributed by atoms with Crippen LogP contribution in [0.4, 0.5) is 13.2 Å². The zero-order valence-electron chi connectivity index (χ0n) is 54.6. The van der Waals surface area contributed by atoms with E-state index < -0.39 is 23.6 Å². The van der Waals surface area contributed by atoms with Crippen molar-refractivity contribution in [2.75, 3.05) is 35.0 Å². The van der Waals surface area contributed by atoms with Crippen LogP contribution >= 0.6 is 0 Å². The van der Waals surface area contributed by atoms with Gasteiger partial charge in [-0.15, -0.1) is 0 Å². The highest BCUT2D eigenvalue weighted by Crippen LogP contribution is 2.26. The molecule has 0 radical (unpaired) electrons. The van der Waals surface area contributed by atoms with Gasteiger partial charge in [-0.05, 0) is 142 Å². The number of benzene rings is 5. The minimum absolute atomic E-state index is 0.0655. The molecule has 5 aromatic rings. The highest BCUT2D eigenvalue weighted by Gasteiger charge is 2.27. The Morgan fingerprint density at radius 2 is 0.874 bits per heavy atom. The first kappa shape index (κ1) is 74.2. The quantitative estimate of drug-likeness (QED) is 0.0467. The highest BCUT2D eigenvalue weighted by molar-refractivity contribution is 5.89. The maximum atomic E-state index is 13.0. The molecule has 5 heterocycles. The second-order valence-corrected chi connectivity index (χ2v) is 22.5. The Balaban J connectivity index is 0.000000188. The van der Waals surface area contributed by atoms with Gasteiger partial charge in [0.2, 0.25) is 0 Å². The average Bonchev–Trinajstić information content (AvgIpc) is 1.47. The van der Waals surface area contributed by atoms with Crippen LogP contribution in [0.15, 0.2) is 193 Å². The number of hydrogen-bond donors (Lipinski definition) is 0. The molecule has 506 valence electrons. The predicted molar refractivity (Wildman–Crippen MR) is 348 cm³/mol. The van der Waals surface area contributed by atoms with Gasteiger partial charge in [0.25, 0.3) is 0 Å². The first-order valence-corrected chi connectivity index (χ1v) is 31.4. The molecule has 5 aliphatic heterocycles. The molecule has 0 unspecified atom stereocenters. The molecule has 20 heteroatoms. The van der Waals surface area contributed by atoms with E-state index in [0.717, 1.165) is 66.9 Å². The lowest BCUT2D eigenvalue weighted by Crippen LogP contribution is -2.25. The van der Waals surface area contributed by atoms with Crippen LogP contribution in [0.5, 0.6) is 0 Å². The SMILES string of the molecule is CC(C)OC1=CC(=O)O[C@@H](CCc2ccccc2)C1.CCOC1=CC(=O)O[C@@H](CCc2ccccc2)C1.COC(=O)c1ccc(CC[C@H]2CC(OC)=CC(=O)O2)cc1.COC1=CC(=O)O[C@@H](/C=C/c2ccc(F)cc2)C1.COC1=CC(=O)O[C@@H](CCc2ccc(F)c(F)c2)C1. The van der Waals surface area contributed by atoms with E-state index >= 15 is 0 Å². The molecule has 0 fully saturated rings. The Kier molecular flexibility index (Phi) is 31.0. The van der Waals surface area contributed by atoms with Gasteiger partial charge in [-0.25, -0.2) is 41.9 Å². The van der Waals surface area contributed by atoms with E-state index in [0.29, 0.717) is 86.4 Å². The van der Waals surface area contributed by atoms with Gasteiger partial charge in [-0.1, -0.05) is 97.1 Å². The number of methoxy groups -OCH3 is 4. The Morgan fingerprint density at radius 3 is 1.32 bits per heavy atom. The molecule has 0 aliphatic carbocycles. The van der Waals surface area contributed by atoms with Gasteiger partial charge < -0.3 is 52.1 Å². The van der Waals surface area contributed by atoms with E-state index in [1.165, 1.54) is 81.0 Å². The number of hydrogen-bond acceptors (Lipinski definition) is 17. The Bertz CT molecular complexity index is 3490. The third kappa shape index (κ3) is 27.7. The van der Waals surface area contributed by atoms with Crippen LogP contribution in [-0.2, 0) is 102 Å². The van der Waals surface area contributed by atoms with E-state index in [9.17, 15) is 41.9 Å². The smallest absolute Gasteiger partial charge is 0.337 e. The molecule has 0 bridgehead atoms. The standard InChI is InChI=1S/C16H18O5.C16H20O3.C15H18O3.C14H14F2O3.C14H13FO3/c1-19-14-9-13(21-15(17)10-14)8-5-11-3-6-12(7-4-11)16(18)20-2;1-12(2)18-15-10-14(19-16(17)11-15)9-8-13-6-4-3-5-7-13;1-2-17-14-10-13(18-15(16)11-14)9-8-12-6-4-3-5-7-12;1-18-11-7-10(19-14(17)8-11)4-2-9-3-5-12(15)13(16)6-9;1-17-13-8-12(18-14(16)9-13)7-4-10-2-5-11(15)6-3-10/h3-4,6-7,10,13H,5,8-9H2,1-2H3;3-7,11-12,14H,8-10H2,1-2H3;3-7,11,13H,2,8-10H2,1H3;3,5-6,8,10H,2,4,7H2,1H3;2-7,9,12H,8H2,1H3/b;;;;7-4+/t13-;14-;13-;10-;12-/m00000/s1. The van der Waals surface area contributed by atoms with Crippen molar-refractivity contribution >= 4 is 41.9 Å². The third-order valence-corrected chi connectivity index (χ3v) is 14.9. The van der Waals surface area contributed by atoms with Crippen LogP contribution in [0.1, 0.15) is 117 Å². The minimum Gasteiger partial charge on any atom is -0.501 e. The maximum absolute atomic E-state index is 13.0. The van der Waals surface area contributed by atoms with Crippen molar-refractivity contribution in [3.63, 3.8) is 0 Å². The third-order valence-electron chi connectivity index (χ3n) is 14.9. The van der Waals surface area contributed by atoms with Crippen molar-refractivity contribution in [1.29, 1.82) is 0 Å². The summed E-state index contributed by atoms with van der Waals surface area (Å²) in [5.41, 5.74) is 5.65. The molecule has 0 spiro atoms. The first-order valence-electron chi connectivity index (χ1n) is 31.4. The molecule has 0 amide bonds. The van der Waals surface area contributed by atoms with Crippen molar-refractivity contribution in [3.8, 4) is 0 Å². The summed E-state index contributed by atoms with van der Waals surface area (Å²) in [6.07, 6.45) is 18.6. The number of halogens is 3. The van der Waals surface area contributed by atoms with Crippen molar-refractivity contribution in [2.24, 2.45) is 0 Å². The van der Waals surface area contributed by atoms with Gasteiger partial charge in [-0.2, -0.15) is 0 Å². The molecular weight excluding hydrogens is 1230 g/mol. The molecule has 17 nitrogen and oxygen atoms in total. The summed E-state index contributed by atoms with van der Waals surface area (Å²) in [7, 11) is 5.92. The number of esters is 6. The fraction of sp³-hybridized carbons (Fsp3) is 0.360. The van der Waals surface area contributed by atoms with Crippen molar-refractivity contribution in [3.05, 3.63) is 243 Å². The predicted octanol–water partition coefficient (Wildman–Crippen LogP) is 13.8. The van der Waals surface area contributed by atoms with Crippen LogP contribution in [0, 0.1) is 17.5 Å². The molecule has 0 N–H and O–H groups in total. The lowest BCUT2D eigenvalue weighted by molar-refractivity contribution is -0.146.